The largest absolute Gasteiger partial charge is 0.364 e. The summed E-state index contributed by atoms with van der Waals surface area (Å²) < 4.78 is 5.55. The molecule has 2 nitrogen and oxygen atoms in total. The normalized spacial score (nSPS) is 18.9. The molecule has 0 radical (unpaired) electrons. The Hall–Kier alpha value is -0.860. The third-order valence-electron chi connectivity index (χ3n) is 3.42. The molecule has 0 aromatic heterocycles. The Bertz CT molecular complexity index is 329. The first-order valence-electron chi connectivity index (χ1n) is 6.12. The lowest BCUT2D eigenvalue weighted by Crippen LogP contribution is -2.11. The smallest absolute Gasteiger partial charge is 0.181 e. The molecule has 0 spiro atoms. The number of ether oxygens (including phenoxy) is 1. The number of hydrogen-bond donors (Lipinski definition) is 1. The summed E-state index contributed by atoms with van der Waals surface area (Å²) in [4.78, 5) is 0. The maximum atomic E-state index is 9.94. The van der Waals surface area contributed by atoms with Crippen LogP contribution in [0, 0.1) is 12.8 Å². The van der Waals surface area contributed by atoms with Crippen molar-refractivity contribution in [2.45, 2.75) is 38.9 Å². The summed E-state index contributed by atoms with van der Waals surface area (Å²) in [6.45, 7) is 2.69. The van der Waals surface area contributed by atoms with Crippen LogP contribution in [0.15, 0.2) is 24.3 Å². The lowest BCUT2D eigenvalue weighted by Gasteiger charge is -2.17. The molecule has 1 saturated carbocycles. The molecule has 1 N–H and O–H groups in total. The van der Waals surface area contributed by atoms with E-state index in [0.717, 1.165) is 11.1 Å². The second-order valence-electron chi connectivity index (χ2n) is 4.69. The maximum Gasteiger partial charge on any atom is 0.181 e. The van der Waals surface area contributed by atoms with Crippen LogP contribution in [0.3, 0.4) is 0 Å². The minimum atomic E-state index is -0.762. The Morgan fingerprint density at radius 1 is 1.31 bits per heavy atom. The van der Waals surface area contributed by atoms with Crippen LogP contribution in [0.2, 0.25) is 0 Å². The Balaban J connectivity index is 1.87. The summed E-state index contributed by atoms with van der Waals surface area (Å²) in [7, 11) is 0. The molecule has 0 saturated heterocycles. The van der Waals surface area contributed by atoms with Crippen LogP contribution in [0.5, 0.6) is 0 Å². The van der Waals surface area contributed by atoms with Crippen LogP contribution in [0.4, 0.5) is 0 Å². The number of aliphatic hydroxyl groups excluding tert-OH is 1. The number of rotatable bonds is 4. The van der Waals surface area contributed by atoms with Crippen molar-refractivity contribution in [1.29, 1.82) is 0 Å². The fourth-order valence-electron chi connectivity index (χ4n) is 2.36. The zero-order chi connectivity index (χ0) is 11.4. The van der Waals surface area contributed by atoms with Gasteiger partial charge in [0.2, 0.25) is 0 Å². The van der Waals surface area contributed by atoms with Crippen molar-refractivity contribution in [2.24, 2.45) is 5.92 Å². The summed E-state index contributed by atoms with van der Waals surface area (Å²) >= 11 is 0. The topological polar surface area (TPSA) is 29.5 Å². The van der Waals surface area contributed by atoms with Crippen LogP contribution in [0.1, 0.15) is 43.1 Å². The standard InChI is InChI=1S/C14H20O2/c1-11-6-2-5-9-13(11)14(15)16-10-12-7-3-4-8-12/h2,5-6,9,12,14-15H,3-4,7-8,10H2,1H3. The SMILES string of the molecule is Cc1ccccc1C(O)OCC1CCCC1. The van der Waals surface area contributed by atoms with Gasteiger partial charge >= 0.3 is 0 Å². The van der Waals surface area contributed by atoms with Crippen molar-refractivity contribution in [3.63, 3.8) is 0 Å². The second kappa shape index (κ2) is 5.46. The highest BCUT2D eigenvalue weighted by atomic mass is 16.6. The van der Waals surface area contributed by atoms with Crippen LogP contribution in [-0.2, 0) is 4.74 Å². The summed E-state index contributed by atoms with van der Waals surface area (Å²) in [6.07, 6.45) is 4.37. The molecule has 1 atom stereocenters. The summed E-state index contributed by atoms with van der Waals surface area (Å²) in [6, 6.07) is 7.83. The quantitative estimate of drug-likeness (QED) is 0.790. The van der Waals surface area contributed by atoms with Gasteiger partial charge < -0.3 is 9.84 Å². The van der Waals surface area contributed by atoms with Gasteiger partial charge in [-0.15, -0.1) is 0 Å². The van der Waals surface area contributed by atoms with Crippen molar-refractivity contribution in [3.05, 3.63) is 35.4 Å². The van der Waals surface area contributed by atoms with Gasteiger partial charge in [0.25, 0.3) is 0 Å². The molecular weight excluding hydrogens is 200 g/mol. The van der Waals surface area contributed by atoms with Crippen molar-refractivity contribution in [3.8, 4) is 0 Å². The summed E-state index contributed by atoms with van der Waals surface area (Å²) in [5, 5.41) is 9.94. The van der Waals surface area contributed by atoms with Gasteiger partial charge in [-0.2, -0.15) is 0 Å². The molecule has 1 aliphatic carbocycles. The zero-order valence-corrected chi connectivity index (χ0v) is 9.86. The van der Waals surface area contributed by atoms with E-state index in [4.69, 9.17) is 4.74 Å². The molecule has 1 aliphatic rings. The maximum absolute atomic E-state index is 9.94. The molecule has 0 bridgehead atoms. The van der Waals surface area contributed by atoms with E-state index in [0.29, 0.717) is 12.5 Å². The first-order valence-corrected chi connectivity index (χ1v) is 6.12. The third kappa shape index (κ3) is 2.83. The third-order valence-corrected chi connectivity index (χ3v) is 3.42. The highest BCUT2D eigenvalue weighted by Gasteiger charge is 2.17. The van der Waals surface area contributed by atoms with E-state index in [1.165, 1.54) is 25.7 Å². The zero-order valence-electron chi connectivity index (χ0n) is 9.86. The Kier molecular flexibility index (Phi) is 3.97. The second-order valence-corrected chi connectivity index (χ2v) is 4.69. The van der Waals surface area contributed by atoms with Crippen LogP contribution in [0.25, 0.3) is 0 Å². The summed E-state index contributed by atoms with van der Waals surface area (Å²) in [5.41, 5.74) is 1.97. The molecule has 0 amide bonds. The average molecular weight is 220 g/mol. The van der Waals surface area contributed by atoms with Gasteiger partial charge in [-0.05, 0) is 31.2 Å². The van der Waals surface area contributed by atoms with Gasteiger partial charge in [0.05, 0.1) is 6.61 Å². The van der Waals surface area contributed by atoms with Gasteiger partial charge in [0.1, 0.15) is 0 Å². The van der Waals surface area contributed by atoms with Crippen LogP contribution < -0.4 is 0 Å². The summed E-state index contributed by atoms with van der Waals surface area (Å²) in [5.74, 6) is 0.652. The number of aliphatic hydroxyl groups is 1. The van der Waals surface area contributed by atoms with Crippen molar-refractivity contribution < 1.29 is 9.84 Å². The Morgan fingerprint density at radius 2 is 2.00 bits per heavy atom. The minimum Gasteiger partial charge on any atom is -0.364 e. The predicted octanol–water partition coefficient (Wildman–Crippen LogP) is 3.19. The van der Waals surface area contributed by atoms with E-state index in [1.54, 1.807) is 0 Å². The molecular formula is C14H20O2. The van der Waals surface area contributed by atoms with Crippen molar-refractivity contribution >= 4 is 0 Å². The van der Waals surface area contributed by atoms with Gasteiger partial charge in [0.15, 0.2) is 6.29 Å². The van der Waals surface area contributed by atoms with Crippen molar-refractivity contribution in [2.75, 3.05) is 6.61 Å². The lowest BCUT2D eigenvalue weighted by atomic mass is 10.1. The number of aryl methyl sites for hydroxylation is 1. The highest BCUT2D eigenvalue weighted by Crippen LogP contribution is 2.27. The Morgan fingerprint density at radius 3 is 2.69 bits per heavy atom. The van der Waals surface area contributed by atoms with Gasteiger partial charge in [0, 0.05) is 5.56 Å². The van der Waals surface area contributed by atoms with E-state index in [-0.39, 0.29) is 0 Å². The van der Waals surface area contributed by atoms with Crippen LogP contribution >= 0.6 is 0 Å². The molecule has 2 heteroatoms. The van der Waals surface area contributed by atoms with Gasteiger partial charge in [-0.3, -0.25) is 0 Å². The van der Waals surface area contributed by atoms with Gasteiger partial charge in [-0.1, -0.05) is 37.1 Å². The van der Waals surface area contributed by atoms with E-state index in [1.807, 2.05) is 31.2 Å². The molecule has 0 aliphatic heterocycles. The van der Waals surface area contributed by atoms with E-state index in [9.17, 15) is 5.11 Å². The van der Waals surface area contributed by atoms with Crippen molar-refractivity contribution in [1.82, 2.24) is 0 Å². The minimum absolute atomic E-state index is 0.652. The molecule has 1 aromatic carbocycles. The lowest BCUT2D eigenvalue weighted by molar-refractivity contribution is -0.113. The fraction of sp³-hybridized carbons (Fsp3) is 0.571. The Labute approximate surface area is 97.3 Å². The molecule has 88 valence electrons. The first-order chi connectivity index (χ1) is 7.77. The first kappa shape index (κ1) is 11.6. The van der Waals surface area contributed by atoms with E-state index >= 15 is 0 Å². The molecule has 0 heterocycles. The average Bonchev–Trinajstić information content (AvgIpc) is 2.79. The highest BCUT2D eigenvalue weighted by molar-refractivity contribution is 5.26. The molecule has 1 unspecified atom stereocenters. The fourth-order valence-corrected chi connectivity index (χ4v) is 2.36. The molecule has 1 aromatic rings. The number of benzene rings is 1. The predicted molar refractivity (Wildman–Crippen MR) is 64.0 cm³/mol. The monoisotopic (exact) mass is 220 g/mol. The molecule has 1 fully saturated rings. The van der Waals surface area contributed by atoms with E-state index < -0.39 is 6.29 Å². The molecule has 16 heavy (non-hydrogen) atoms. The van der Waals surface area contributed by atoms with Crippen LogP contribution in [-0.4, -0.2) is 11.7 Å². The van der Waals surface area contributed by atoms with Gasteiger partial charge in [-0.25, -0.2) is 0 Å². The van der Waals surface area contributed by atoms with E-state index in [2.05, 4.69) is 0 Å². The molecule has 2 rings (SSSR count). The number of hydrogen-bond acceptors (Lipinski definition) is 2.